The van der Waals surface area contributed by atoms with Crippen LogP contribution in [0.25, 0.3) is 0 Å². The van der Waals surface area contributed by atoms with Crippen molar-refractivity contribution in [2.45, 2.75) is 20.3 Å². The number of hydrogen-bond acceptors (Lipinski definition) is 5. The monoisotopic (exact) mass is 296 g/mol. The maximum absolute atomic E-state index is 13.0. The van der Waals surface area contributed by atoms with E-state index in [9.17, 15) is 4.39 Å². The number of anilines is 1. The van der Waals surface area contributed by atoms with Gasteiger partial charge in [-0.25, -0.2) is 4.39 Å². The first-order valence-corrected chi connectivity index (χ1v) is 6.55. The zero-order chi connectivity index (χ0) is 14.5. The van der Waals surface area contributed by atoms with Gasteiger partial charge in [0, 0.05) is 6.54 Å². The Labute approximate surface area is 121 Å². The van der Waals surface area contributed by atoms with Crippen LogP contribution >= 0.6 is 11.6 Å². The van der Waals surface area contributed by atoms with Crippen molar-refractivity contribution in [2.75, 3.05) is 11.9 Å². The number of nitrogens with zero attached hydrogens (tertiary/aromatic N) is 3. The second-order valence-corrected chi connectivity index (χ2v) is 4.49. The lowest BCUT2D eigenvalue weighted by Crippen LogP contribution is -2.06. The molecule has 1 N–H and O–H groups in total. The van der Waals surface area contributed by atoms with Crippen LogP contribution in [-0.4, -0.2) is 21.5 Å². The van der Waals surface area contributed by atoms with Gasteiger partial charge in [-0.3, -0.25) is 0 Å². The molecule has 0 aliphatic rings. The fourth-order valence-corrected chi connectivity index (χ4v) is 1.67. The maximum Gasteiger partial charge on any atom is 0.328 e. The summed E-state index contributed by atoms with van der Waals surface area (Å²) >= 11 is 5.82. The lowest BCUT2D eigenvalue weighted by atomic mass is 10.2. The number of ether oxygens (including phenoxy) is 1. The molecule has 20 heavy (non-hydrogen) atoms. The van der Waals surface area contributed by atoms with Crippen LogP contribution in [0.15, 0.2) is 18.2 Å². The summed E-state index contributed by atoms with van der Waals surface area (Å²) in [7, 11) is 0. The Morgan fingerprint density at radius 2 is 2.10 bits per heavy atom. The number of rotatable bonds is 5. The first-order chi connectivity index (χ1) is 9.58. The molecule has 1 aromatic carbocycles. The van der Waals surface area contributed by atoms with Gasteiger partial charge in [0.05, 0.1) is 0 Å². The van der Waals surface area contributed by atoms with Gasteiger partial charge in [-0.15, -0.1) is 0 Å². The van der Waals surface area contributed by atoms with E-state index in [0.29, 0.717) is 17.3 Å². The summed E-state index contributed by atoms with van der Waals surface area (Å²) in [5.74, 6) is 0.491. The maximum atomic E-state index is 13.0. The number of halogens is 2. The van der Waals surface area contributed by atoms with E-state index in [0.717, 1.165) is 13.0 Å². The Hall–Kier alpha value is -1.95. The molecule has 0 radical (unpaired) electrons. The second kappa shape index (κ2) is 6.47. The zero-order valence-corrected chi connectivity index (χ0v) is 11.9. The van der Waals surface area contributed by atoms with Crippen LogP contribution < -0.4 is 10.1 Å². The van der Waals surface area contributed by atoms with Crippen LogP contribution in [0, 0.1) is 12.7 Å². The summed E-state index contributed by atoms with van der Waals surface area (Å²) in [6, 6.07) is 4.26. The van der Waals surface area contributed by atoms with E-state index >= 15 is 0 Å². The third-order valence-corrected chi connectivity index (χ3v) is 2.63. The average molecular weight is 297 g/mol. The van der Waals surface area contributed by atoms with Crippen molar-refractivity contribution < 1.29 is 9.13 Å². The van der Waals surface area contributed by atoms with Gasteiger partial charge in [0.2, 0.25) is 11.2 Å². The van der Waals surface area contributed by atoms with Crippen LogP contribution in [0.2, 0.25) is 5.28 Å². The Kier molecular flexibility index (Phi) is 4.68. The Morgan fingerprint density at radius 1 is 1.30 bits per heavy atom. The lowest BCUT2D eigenvalue weighted by Gasteiger charge is -2.08. The largest absolute Gasteiger partial charge is 0.424 e. The number of hydrogen-bond donors (Lipinski definition) is 1. The number of aromatic nitrogens is 3. The van der Waals surface area contributed by atoms with Crippen molar-refractivity contribution in [1.82, 2.24) is 15.0 Å². The van der Waals surface area contributed by atoms with E-state index in [2.05, 4.69) is 20.3 Å². The molecule has 0 amide bonds. The SMILES string of the molecule is CCCNc1nc(Cl)nc(Oc2ccc(F)cc2C)n1. The number of nitrogens with one attached hydrogen (secondary N) is 1. The smallest absolute Gasteiger partial charge is 0.328 e. The lowest BCUT2D eigenvalue weighted by molar-refractivity contribution is 0.435. The van der Waals surface area contributed by atoms with Crippen molar-refractivity contribution in [3.05, 3.63) is 34.9 Å². The van der Waals surface area contributed by atoms with Gasteiger partial charge in [-0.1, -0.05) is 6.92 Å². The fraction of sp³-hybridized carbons (Fsp3) is 0.308. The van der Waals surface area contributed by atoms with Crippen LogP contribution in [0.1, 0.15) is 18.9 Å². The standard InChI is InChI=1S/C13H14ClFN4O/c1-3-6-16-12-17-11(14)18-13(19-12)20-10-5-4-9(15)7-8(10)2/h4-5,7H,3,6H2,1-2H3,(H,16,17,18,19). The fourth-order valence-electron chi connectivity index (χ4n) is 1.52. The molecule has 2 aromatic rings. The summed E-state index contributed by atoms with van der Waals surface area (Å²) in [4.78, 5) is 11.9. The molecular formula is C13H14ClFN4O. The molecule has 0 atom stereocenters. The summed E-state index contributed by atoms with van der Waals surface area (Å²) in [5, 5.41) is 3.03. The van der Waals surface area contributed by atoms with Crippen LogP contribution in [0.5, 0.6) is 11.8 Å². The van der Waals surface area contributed by atoms with Gasteiger partial charge >= 0.3 is 6.01 Å². The van der Waals surface area contributed by atoms with E-state index in [4.69, 9.17) is 16.3 Å². The molecule has 0 saturated carbocycles. The van der Waals surface area contributed by atoms with Gasteiger partial charge in [0.15, 0.2) is 0 Å². The van der Waals surface area contributed by atoms with Gasteiger partial charge in [-0.05, 0) is 48.7 Å². The Morgan fingerprint density at radius 3 is 2.80 bits per heavy atom. The van der Waals surface area contributed by atoms with E-state index in [1.165, 1.54) is 18.2 Å². The summed E-state index contributed by atoms with van der Waals surface area (Å²) in [6.45, 7) is 4.47. The highest BCUT2D eigenvalue weighted by Gasteiger charge is 2.09. The van der Waals surface area contributed by atoms with Crippen LogP contribution in [0.3, 0.4) is 0 Å². The minimum absolute atomic E-state index is 0.0355. The Bertz CT molecular complexity index is 609. The average Bonchev–Trinajstić information content (AvgIpc) is 2.39. The quantitative estimate of drug-likeness (QED) is 0.913. The summed E-state index contributed by atoms with van der Waals surface area (Å²) in [5.41, 5.74) is 0.643. The normalized spacial score (nSPS) is 10.4. The van der Waals surface area contributed by atoms with Crippen molar-refractivity contribution in [3.8, 4) is 11.8 Å². The van der Waals surface area contributed by atoms with E-state index in [1.54, 1.807) is 6.92 Å². The molecule has 0 aliphatic carbocycles. The van der Waals surface area contributed by atoms with Crippen molar-refractivity contribution in [1.29, 1.82) is 0 Å². The number of benzene rings is 1. The topological polar surface area (TPSA) is 59.9 Å². The third kappa shape index (κ3) is 3.77. The van der Waals surface area contributed by atoms with Crippen molar-refractivity contribution >= 4 is 17.5 Å². The third-order valence-electron chi connectivity index (χ3n) is 2.46. The highest BCUT2D eigenvalue weighted by molar-refractivity contribution is 6.28. The first-order valence-electron chi connectivity index (χ1n) is 6.18. The molecule has 5 nitrogen and oxygen atoms in total. The molecule has 1 heterocycles. The molecular weight excluding hydrogens is 283 g/mol. The molecule has 7 heteroatoms. The van der Waals surface area contributed by atoms with Crippen LogP contribution in [-0.2, 0) is 0 Å². The highest BCUT2D eigenvalue weighted by atomic mass is 35.5. The highest BCUT2D eigenvalue weighted by Crippen LogP contribution is 2.24. The first kappa shape index (κ1) is 14.5. The van der Waals surface area contributed by atoms with Gasteiger partial charge in [-0.2, -0.15) is 15.0 Å². The second-order valence-electron chi connectivity index (χ2n) is 4.15. The molecule has 0 unspecified atom stereocenters. The summed E-state index contributed by atoms with van der Waals surface area (Å²) < 4.78 is 18.5. The van der Waals surface area contributed by atoms with Crippen LogP contribution in [0.4, 0.5) is 10.3 Å². The molecule has 1 aromatic heterocycles. The molecule has 0 fully saturated rings. The van der Waals surface area contributed by atoms with Gasteiger partial charge in [0.1, 0.15) is 11.6 Å². The molecule has 0 saturated heterocycles. The predicted octanol–water partition coefficient (Wildman–Crippen LogP) is 3.59. The van der Waals surface area contributed by atoms with Gasteiger partial charge < -0.3 is 10.1 Å². The molecule has 106 valence electrons. The zero-order valence-electron chi connectivity index (χ0n) is 11.2. The van der Waals surface area contributed by atoms with Crippen molar-refractivity contribution in [3.63, 3.8) is 0 Å². The number of aryl methyl sites for hydroxylation is 1. The summed E-state index contributed by atoms with van der Waals surface area (Å²) in [6.07, 6.45) is 0.927. The molecule has 0 bridgehead atoms. The van der Waals surface area contributed by atoms with Gasteiger partial charge in [0.25, 0.3) is 0 Å². The van der Waals surface area contributed by atoms with E-state index in [1.807, 2.05) is 6.92 Å². The minimum atomic E-state index is -0.325. The minimum Gasteiger partial charge on any atom is -0.424 e. The molecule has 2 rings (SSSR count). The van der Waals surface area contributed by atoms with E-state index < -0.39 is 0 Å². The molecule has 0 spiro atoms. The Balaban J connectivity index is 2.21. The predicted molar refractivity (Wildman–Crippen MR) is 74.8 cm³/mol. The van der Waals surface area contributed by atoms with Crippen molar-refractivity contribution in [2.24, 2.45) is 0 Å². The molecule has 0 aliphatic heterocycles. The van der Waals surface area contributed by atoms with E-state index in [-0.39, 0.29) is 17.1 Å².